The number of piperazine rings is 1. The molecule has 2 aromatic carbocycles. The fraction of sp³-hybridized carbons (Fsp3) is 0.452. The first-order valence-electron chi connectivity index (χ1n) is 14.9. The summed E-state index contributed by atoms with van der Waals surface area (Å²) < 4.78 is 46.1. The number of ether oxygens (including phenoxy) is 3. The zero-order valence-corrected chi connectivity index (χ0v) is 24.9. The lowest BCUT2D eigenvalue weighted by molar-refractivity contribution is -0.139. The van der Waals surface area contributed by atoms with Crippen molar-refractivity contribution in [2.45, 2.75) is 24.7 Å². The van der Waals surface area contributed by atoms with E-state index in [0.717, 1.165) is 39.4 Å². The number of methoxy groups -OCH3 is 1. The van der Waals surface area contributed by atoms with Crippen LogP contribution >= 0.6 is 0 Å². The van der Waals surface area contributed by atoms with Gasteiger partial charge in [0.2, 0.25) is 11.9 Å². The van der Waals surface area contributed by atoms with E-state index < -0.39 is 12.3 Å². The van der Waals surface area contributed by atoms with Gasteiger partial charge in [0.15, 0.2) is 12.0 Å². The highest BCUT2D eigenvalue weighted by Gasteiger charge is 2.33. The van der Waals surface area contributed by atoms with Crippen LogP contribution in [0.3, 0.4) is 0 Å². The highest BCUT2D eigenvalue weighted by Crippen LogP contribution is 2.30. The summed E-state index contributed by atoms with van der Waals surface area (Å²) >= 11 is 0. The normalized spacial score (nSPS) is 20.8. The predicted molar refractivity (Wildman–Crippen MR) is 160 cm³/mol. The third kappa shape index (κ3) is 6.95. The molecule has 0 spiro atoms. The van der Waals surface area contributed by atoms with Crippen LogP contribution in [0.25, 0.3) is 11.4 Å². The van der Waals surface area contributed by atoms with Gasteiger partial charge in [0.1, 0.15) is 36.7 Å². The Hall–Kier alpha value is -4.45. The smallest absolute Gasteiger partial charge is 0.248 e. The first-order chi connectivity index (χ1) is 21.9. The summed E-state index contributed by atoms with van der Waals surface area (Å²) in [5, 5.41) is 12.8. The number of nitrogens with one attached hydrogen (secondary N) is 1. The number of nitrogens with zero attached hydrogens (tertiary/aromatic N) is 7. The van der Waals surface area contributed by atoms with E-state index in [9.17, 15) is 14.4 Å². The number of alkyl halides is 1. The number of benzene rings is 2. The molecule has 2 atom stereocenters. The summed E-state index contributed by atoms with van der Waals surface area (Å²) in [6.45, 7) is 4.89. The van der Waals surface area contributed by atoms with Crippen LogP contribution in [0, 0.1) is 17.1 Å². The summed E-state index contributed by atoms with van der Waals surface area (Å²) in [5.41, 5.74) is 1.75. The maximum absolute atomic E-state index is 15.2. The number of piperidine rings is 1. The molecule has 3 aliphatic heterocycles. The van der Waals surface area contributed by atoms with Gasteiger partial charge < -0.3 is 29.3 Å². The number of carbonyl (C=O) groups excluding carboxylic acids is 1. The van der Waals surface area contributed by atoms with Gasteiger partial charge in [-0.15, -0.1) is 0 Å². The Bertz CT molecular complexity index is 1560. The largest absolute Gasteiger partial charge is 0.486 e. The molecule has 236 valence electrons. The molecule has 1 amide bonds. The minimum atomic E-state index is -1.42. The second kappa shape index (κ2) is 13.7. The molecular formula is C31H34F2N8O4. The lowest BCUT2D eigenvalue weighted by Crippen LogP contribution is -2.56. The standard InChI is InChI=1S/C31H34F2N8O4/c1-43-18-29(42)41-7-6-28(25(33)15-41)45-27-5-2-20(12-21(27)14-34)30-35-19-36-31(38-30)37-22-3-4-26(24(32)13-22)40-10-8-39(9-11-40)23-16-44-17-23/h2-5,12-13,19,23,25,28H,6-11,15-18H2,1H3,(H,35,36,37,38)/t25-,28?/m1/s1. The van der Waals surface area contributed by atoms with Crippen molar-refractivity contribution < 1.29 is 27.8 Å². The van der Waals surface area contributed by atoms with Crippen LogP contribution in [0.15, 0.2) is 42.7 Å². The van der Waals surface area contributed by atoms with Gasteiger partial charge in [0, 0.05) is 57.5 Å². The number of nitriles is 1. The van der Waals surface area contributed by atoms with E-state index in [1.165, 1.54) is 24.4 Å². The van der Waals surface area contributed by atoms with Crippen molar-refractivity contribution in [3.8, 4) is 23.2 Å². The summed E-state index contributed by atoms with van der Waals surface area (Å²) in [7, 11) is 1.41. The molecule has 4 heterocycles. The molecule has 0 radical (unpaired) electrons. The van der Waals surface area contributed by atoms with Gasteiger partial charge in [-0.05, 0) is 36.4 Å². The van der Waals surface area contributed by atoms with Gasteiger partial charge >= 0.3 is 0 Å². The van der Waals surface area contributed by atoms with Gasteiger partial charge in [-0.2, -0.15) is 10.2 Å². The predicted octanol–water partition coefficient (Wildman–Crippen LogP) is 2.78. The Morgan fingerprint density at radius 1 is 1.13 bits per heavy atom. The van der Waals surface area contributed by atoms with Crippen LogP contribution < -0.4 is 15.0 Å². The van der Waals surface area contributed by atoms with E-state index in [4.69, 9.17) is 14.2 Å². The molecule has 3 fully saturated rings. The lowest BCUT2D eigenvalue weighted by Gasteiger charge is -2.43. The molecule has 3 aliphatic rings. The van der Waals surface area contributed by atoms with Gasteiger partial charge in [-0.25, -0.2) is 18.7 Å². The van der Waals surface area contributed by atoms with Crippen molar-refractivity contribution in [1.82, 2.24) is 24.8 Å². The number of anilines is 3. The van der Waals surface area contributed by atoms with Crippen molar-refractivity contribution in [2.24, 2.45) is 0 Å². The molecule has 3 saturated heterocycles. The van der Waals surface area contributed by atoms with E-state index in [0.29, 0.717) is 29.5 Å². The fourth-order valence-corrected chi connectivity index (χ4v) is 5.71. The van der Waals surface area contributed by atoms with Crippen molar-refractivity contribution >= 4 is 23.2 Å². The number of rotatable bonds is 9. The maximum atomic E-state index is 15.2. The second-order valence-corrected chi connectivity index (χ2v) is 11.2. The second-order valence-electron chi connectivity index (χ2n) is 11.2. The van der Waals surface area contributed by atoms with Crippen LogP contribution in [0.1, 0.15) is 12.0 Å². The molecule has 0 saturated carbocycles. The molecule has 3 aromatic rings. The van der Waals surface area contributed by atoms with Crippen LogP contribution in [0.2, 0.25) is 0 Å². The zero-order chi connectivity index (χ0) is 31.3. The highest BCUT2D eigenvalue weighted by atomic mass is 19.1. The molecule has 0 bridgehead atoms. The molecule has 12 nitrogen and oxygen atoms in total. The summed E-state index contributed by atoms with van der Waals surface area (Å²) in [4.78, 5) is 30.7. The molecule has 1 unspecified atom stereocenters. The monoisotopic (exact) mass is 620 g/mol. The van der Waals surface area contributed by atoms with Crippen molar-refractivity contribution in [3.05, 3.63) is 54.1 Å². The third-order valence-corrected chi connectivity index (χ3v) is 8.31. The Balaban J connectivity index is 1.09. The number of likely N-dealkylation sites (tertiary alicyclic amines) is 1. The molecule has 14 heteroatoms. The first kappa shape index (κ1) is 30.6. The molecular weight excluding hydrogens is 586 g/mol. The number of halogens is 2. The van der Waals surface area contributed by atoms with Crippen LogP contribution in [-0.4, -0.2) is 115 Å². The van der Waals surface area contributed by atoms with Gasteiger partial charge in [0.25, 0.3) is 0 Å². The number of aromatic nitrogens is 3. The van der Waals surface area contributed by atoms with Crippen LogP contribution in [0.5, 0.6) is 5.75 Å². The average Bonchev–Trinajstić information content (AvgIpc) is 3.02. The number of carbonyl (C=O) groups is 1. The van der Waals surface area contributed by atoms with Crippen molar-refractivity contribution in [1.29, 1.82) is 5.26 Å². The first-order valence-corrected chi connectivity index (χ1v) is 14.9. The Morgan fingerprint density at radius 2 is 1.96 bits per heavy atom. The SMILES string of the molecule is COCC(=O)N1CCC(Oc2ccc(-c3ncnc(Nc4ccc(N5CCN(C6COC6)CC5)c(F)c4)n3)cc2C#N)[C@H](F)C1. The number of hydrogen-bond donors (Lipinski definition) is 1. The summed E-state index contributed by atoms with van der Waals surface area (Å²) in [6, 6.07) is 12.3. The van der Waals surface area contributed by atoms with Gasteiger partial charge in [-0.1, -0.05) is 0 Å². The van der Waals surface area contributed by atoms with E-state index >= 15 is 4.39 Å². The molecule has 6 rings (SSSR count). The number of hydrogen-bond acceptors (Lipinski definition) is 11. The number of amides is 1. The Kier molecular flexibility index (Phi) is 9.29. The van der Waals surface area contributed by atoms with E-state index in [2.05, 4.69) is 36.1 Å². The van der Waals surface area contributed by atoms with E-state index in [1.807, 2.05) is 0 Å². The minimum Gasteiger partial charge on any atom is -0.486 e. The van der Waals surface area contributed by atoms with Crippen molar-refractivity contribution in [2.75, 3.05) is 76.4 Å². The molecule has 0 aliphatic carbocycles. The molecule has 1 aromatic heterocycles. The average molecular weight is 621 g/mol. The Morgan fingerprint density at radius 3 is 2.64 bits per heavy atom. The minimum absolute atomic E-state index is 0.104. The lowest BCUT2D eigenvalue weighted by atomic mass is 10.0. The maximum Gasteiger partial charge on any atom is 0.248 e. The Labute approximate surface area is 259 Å². The third-order valence-electron chi connectivity index (χ3n) is 8.31. The quantitative estimate of drug-likeness (QED) is 0.379. The van der Waals surface area contributed by atoms with E-state index in [1.54, 1.807) is 30.3 Å². The zero-order valence-electron chi connectivity index (χ0n) is 24.9. The molecule has 1 N–H and O–H groups in total. The van der Waals surface area contributed by atoms with Crippen LogP contribution in [-0.2, 0) is 14.3 Å². The highest BCUT2D eigenvalue weighted by molar-refractivity contribution is 5.77. The van der Waals surface area contributed by atoms with Crippen LogP contribution in [0.4, 0.5) is 26.1 Å². The fourth-order valence-electron chi connectivity index (χ4n) is 5.71. The summed E-state index contributed by atoms with van der Waals surface area (Å²) in [5.74, 6) is 0.102. The summed E-state index contributed by atoms with van der Waals surface area (Å²) in [6.07, 6.45) is -0.619. The van der Waals surface area contributed by atoms with Crippen molar-refractivity contribution in [3.63, 3.8) is 0 Å². The topological polar surface area (TPSA) is 129 Å². The van der Waals surface area contributed by atoms with Gasteiger partial charge in [-0.3, -0.25) is 9.69 Å². The van der Waals surface area contributed by atoms with Gasteiger partial charge in [0.05, 0.1) is 37.1 Å². The molecule has 45 heavy (non-hydrogen) atoms. The van der Waals surface area contributed by atoms with E-state index in [-0.39, 0.29) is 54.4 Å².